The second-order valence-electron chi connectivity index (χ2n) is 6.74. The smallest absolute Gasteiger partial charge is 0.231 e. The first-order valence-corrected chi connectivity index (χ1v) is 8.64. The summed E-state index contributed by atoms with van der Waals surface area (Å²) < 4.78 is 10.8. The van der Waals surface area contributed by atoms with Crippen LogP contribution in [0, 0.1) is 5.92 Å². The number of hydrogen-bond acceptors (Lipinski definition) is 4. The van der Waals surface area contributed by atoms with E-state index in [4.69, 9.17) is 9.47 Å². The highest BCUT2D eigenvalue weighted by Gasteiger charge is 2.18. The number of fused-ring (bicyclic) bond motifs is 1. The summed E-state index contributed by atoms with van der Waals surface area (Å²) in [6.45, 7) is 4.45. The van der Waals surface area contributed by atoms with Gasteiger partial charge in [-0.1, -0.05) is 6.07 Å². The predicted octanol–water partition coefficient (Wildman–Crippen LogP) is 1.76. The molecule has 6 nitrogen and oxygen atoms in total. The lowest BCUT2D eigenvalue weighted by molar-refractivity contribution is 0.174. The average Bonchev–Trinajstić information content (AvgIpc) is 3.03. The SMILES string of the molecule is CN=C(NCC1CCCN(C)C1)N(C)Cc1ccc2c(c1)OCO2. The minimum Gasteiger partial charge on any atom is -0.454 e. The number of benzene rings is 1. The highest BCUT2D eigenvalue weighted by atomic mass is 16.7. The van der Waals surface area contributed by atoms with E-state index < -0.39 is 0 Å². The van der Waals surface area contributed by atoms with Crippen molar-refractivity contribution in [2.45, 2.75) is 19.4 Å². The van der Waals surface area contributed by atoms with Crippen molar-refractivity contribution < 1.29 is 9.47 Å². The Hall–Kier alpha value is -1.95. The van der Waals surface area contributed by atoms with Crippen molar-refractivity contribution >= 4 is 5.96 Å². The van der Waals surface area contributed by atoms with Gasteiger partial charge in [0.05, 0.1) is 0 Å². The number of aliphatic imine (C=N–C) groups is 1. The Kier molecular flexibility index (Phi) is 5.45. The second kappa shape index (κ2) is 7.75. The van der Waals surface area contributed by atoms with E-state index in [1.807, 2.05) is 19.2 Å². The van der Waals surface area contributed by atoms with Crippen LogP contribution < -0.4 is 14.8 Å². The largest absolute Gasteiger partial charge is 0.454 e. The number of guanidine groups is 1. The van der Waals surface area contributed by atoms with Crippen molar-refractivity contribution in [3.63, 3.8) is 0 Å². The van der Waals surface area contributed by atoms with Gasteiger partial charge in [-0.2, -0.15) is 0 Å². The minimum absolute atomic E-state index is 0.313. The molecule has 3 rings (SSSR count). The van der Waals surface area contributed by atoms with Crippen LogP contribution >= 0.6 is 0 Å². The summed E-state index contributed by atoms with van der Waals surface area (Å²) in [5, 5.41) is 3.53. The van der Waals surface area contributed by atoms with E-state index in [-0.39, 0.29) is 0 Å². The van der Waals surface area contributed by atoms with E-state index in [1.165, 1.54) is 24.9 Å². The Labute approximate surface area is 144 Å². The Balaban J connectivity index is 1.53. The van der Waals surface area contributed by atoms with E-state index in [2.05, 4.69) is 40.3 Å². The lowest BCUT2D eigenvalue weighted by Crippen LogP contribution is -2.44. The van der Waals surface area contributed by atoms with Crippen molar-refractivity contribution in [3.8, 4) is 11.5 Å². The summed E-state index contributed by atoms with van der Waals surface area (Å²) in [6.07, 6.45) is 2.58. The second-order valence-corrected chi connectivity index (χ2v) is 6.74. The van der Waals surface area contributed by atoms with Crippen LogP contribution in [0.3, 0.4) is 0 Å². The maximum atomic E-state index is 5.45. The van der Waals surface area contributed by atoms with Crippen molar-refractivity contribution in [1.82, 2.24) is 15.1 Å². The molecule has 24 heavy (non-hydrogen) atoms. The first-order chi connectivity index (χ1) is 11.7. The molecule has 0 amide bonds. The summed E-state index contributed by atoms with van der Waals surface area (Å²) in [4.78, 5) is 8.98. The number of likely N-dealkylation sites (tertiary alicyclic amines) is 1. The number of ether oxygens (including phenoxy) is 2. The normalized spacial score (nSPS) is 21.0. The van der Waals surface area contributed by atoms with E-state index in [0.29, 0.717) is 12.7 Å². The molecule has 0 aliphatic carbocycles. The molecule has 1 unspecified atom stereocenters. The summed E-state index contributed by atoms with van der Waals surface area (Å²) in [5.74, 6) is 3.28. The van der Waals surface area contributed by atoms with E-state index in [9.17, 15) is 0 Å². The van der Waals surface area contributed by atoms with E-state index in [1.54, 1.807) is 0 Å². The standard InChI is InChI=1S/C18H28N4O2/c1-19-18(20-10-15-5-4-8-21(2)11-15)22(3)12-14-6-7-16-17(9-14)24-13-23-16/h6-7,9,15H,4-5,8,10-13H2,1-3H3,(H,19,20). The van der Waals surface area contributed by atoms with Crippen molar-refractivity contribution in [1.29, 1.82) is 0 Å². The molecule has 0 bridgehead atoms. The fourth-order valence-corrected chi connectivity index (χ4v) is 3.45. The molecular weight excluding hydrogens is 304 g/mol. The maximum Gasteiger partial charge on any atom is 0.231 e. The molecular formula is C18H28N4O2. The molecule has 132 valence electrons. The van der Waals surface area contributed by atoms with Crippen molar-refractivity contribution in [2.24, 2.45) is 10.9 Å². The highest BCUT2D eigenvalue weighted by molar-refractivity contribution is 5.79. The number of hydrogen-bond donors (Lipinski definition) is 1. The van der Waals surface area contributed by atoms with Gasteiger partial charge in [-0.15, -0.1) is 0 Å². The van der Waals surface area contributed by atoms with Gasteiger partial charge < -0.3 is 24.6 Å². The number of piperidine rings is 1. The average molecular weight is 332 g/mol. The van der Waals surface area contributed by atoms with Gasteiger partial charge in [0.25, 0.3) is 0 Å². The number of nitrogens with zero attached hydrogens (tertiary/aromatic N) is 3. The predicted molar refractivity (Wildman–Crippen MR) is 95.6 cm³/mol. The summed E-state index contributed by atoms with van der Waals surface area (Å²) in [5.41, 5.74) is 1.18. The molecule has 1 aromatic rings. The summed E-state index contributed by atoms with van der Waals surface area (Å²) in [6, 6.07) is 6.09. The lowest BCUT2D eigenvalue weighted by atomic mass is 9.98. The van der Waals surface area contributed by atoms with Crippen LogP contribution in [0.25, 0.3) is 0 Å². The van der Waals surface area contributed by atoms with Gasteiger partial charge in [0.2, 0.25) is 6.79 Å². The first-order valence-electron chi connectivity index (χ1n) is 8.64. The fourth-order valence-electron chi connectivity index (χ4n) is 3.45. The van der Waals surface area contributed by atoms with Crippen LogP contribution in [0.15, 0.2) is 23.2 Å². The zero-order valence-corrected chi connectivity index (χ0v) is 14.9. The minimum atomic E-state index is 0.313. The van der Waals surface area contributed by atoms with Crippen LogP contribution in [0.2, 0.25) is 0 Å². The Morgan fingerprint density at radius 2 is 2.21 bits per heavy atom. The van der Waals surface area contributed by atoms with Crippen LogP contribution in [0.5, 0.6) is 11.5 Å². The fraction of sp³-hybridized carbons (Fsp3) is 0.611. The van der Waals surface area contributed by atoms with Crippen LogP contribution in [0.1, 0.15) is 18.4 Å². The maximum absolute atomic E-state index is 5.45. The number of rotatable bonds is 4. The van der Waals surface area contributed by atoms with Crippen LogP contribution in [-0.4, -0.2) is 63.3 Å². The Morgan fingerprint density at radius 3 is 3.00 bits per heavy atom. The lowest BCUT2D eigenvalue weighted by Gasteiger charge is -2.31. The molecule has 1 aromatic carbocycles. The summed E-state index contributed by atoms with van der Waals surface area (Å²) >= 11 is 0. The summed E-state index contributed by atoms with van der Waals surface area (Å²) in [7, 11) is 6.10. The Bertz CT molecular complexity index is 590. The molecule has 2 aliphatic heterocycles. The van der Waals surface area contributed by atoms with Crippen molar-refractivity contribution in [2.75, 3.05) is 47.6 Å². The quantitative estimate of drug-likeness (QED) is 0.673. The highest BCUT2D eigenvalue weighted by Crippen LogP contribution is 2.32. The van der Waals surface area contributed by atoms with Gasteiger partial charge >= 0.3 is 0 Å². The molecule has 0 spiro atoms. The van der Waals surface area contributed by atoms with Crippen LogP contribution in [-0.2, 0) is 6.54 Å². The third kappa shape index (κ3) is 4.12. The van der Waals surface area contributed by atoms with Gasteiger partial charge in [-0.3, -0.25) is 4.99 Å². The third-order valence-electron chi connectivity index (χ3n) is 4.70. The molecule has 1 saturated heterocycles. The molecule has 6 heteroatoms. The van der Waals surface area contributed by atoms with Crippen LogP contribution in [0.4, 0.5) is 0 Å². The molecule has 1 atom stereocenters. The monoisotopic (exact) mass is 332 g/mol. The van der Waals surface area contributed by atoms with E-state index in [0.717, 1.165) is 37.1 Å². The Morgan fingerprint density at radius 1 is 1.38 bits per heavy atom. The zero-order valence-electron chi connectivity index (χ0n) is 14.9. The molecule has 1 fully saturated rings. The third-order valence-corrected chi connectivity index (χ3v) is 4.70. The number of nitrogens with one attached hydrogen (secondary N) is 1. The molecule has 1 N–H and O–H groups in total. The molecule has 0 radical (unpaired) electrons. The molecule has 0 saturated carbocycles. The van der Waals surface area contributed by atoms with E-state index >= 15 is 0 Å². The van der Waals surface area contributed by atoms with Gasteiger partial charge in [0.1, 0.15) is 0 Å². The topological polar surface area (TPSA) is 49.3 Å². The molecule has 0 aromatic heterocycles. The van der Waals surface area contributed by atoms with Gasteiger partial charge in [0, 0.05) is 33.7 Å². The molecule has 2 aliphatic rings. The first kappa shape index (κ1) is 16.9. The van der Waals surface area contributed by atoms with Gasteiger partial charge in [0.15, 0.2) is 17.5 Å². The van der Waals surface area contributed by atoms with Gasteiger partial charge in [-0.25, -0.2) is 0 Å². The van der Waals surface area contributed by atoms with Crippen molar-refractivity contribution in [3.05, 3.63) is 23.8 Å². The zero-order chi connectivity index (χ0) is 16.9. The van der Waals surface area contributed by atoms with Gasteiger partial charge in [-0.05, 0) is 50.0 Å². The molecule has 2 heterocycles.